The molecule has 0 radical (unpaired) electrons. The van der Waals surface area contributed by atoms with Crippen LogP contribution in [-0.2, 0) is 4.79 Å². The maximum Gasteiger partial charge on any atom is 0.263 e. The van der Waals surface area contributed by atoms with E-state index in [0.717, 1.165) is 34.0 Å². The molecule has 8 nitrogen and oxygen atoms in total. The van der Waals surface area contributed by atoms with Gasteiger partial charge in [0.15, 0.2) is 0 Å². The molecule has 2 aromatic heterocycles. The highest BCUT2D eigenvalue weighted by molar-refractivity contribution is 7.16. The van der Waals surface area contributed by atoms with Crippen molar-refractivity contribution in [1.82, 2.24) is 20.6 Å². The number of aliphatic hydroxyl groups is 2. The van der Waals surface area contributed by atoms with Gasteiger partial charge in [-0.05, 0) is 56.0 Å². The van der Waals surface area contributed by atoms with E-state index in [1.54, 1.807) is 30.6 Å². The lowest BCUT2D eigenvalue weighted by atomic mass is 9.92. The highest BCUT2D eigenvalue weighted by atomic mass is 32.1. The van der Waals surface area contributed by atoms with E-state index in [0.29, 0.717) is 0 Å². The van der Waals surface area contributed by atoms with Crippen LogP contribution in [0, 0.1) is 17.5 Å². The number of hydrogen-bond acceptors (Lipinski definition) is 8. The molecule has 0 bridgehead atoms. The predicted octanol–water partition coefficient (Wildman–Crippen LogP) is 4.64. The van der Waals surface area contributed by atoms with Crippen LogP contribution in [0.2, 0.25) is 0 Å². The van der Waals surface area contributed by atoms with Crippen molar-refractivity contribution < 1.29 is 33.0 Å². The minimum absolute atomic E-state index is 0.0290. The van der Waals surface area contributed by atoms with Crippen molar-refractivity contribution >= 4 is 34.5 Å². The topological polar surface area (TPSA) is 124 Å². The molecule has 0 aliphatic carbocycles. The second kappa shape index (κ2) is 14.5. The smallest absolute Gasteiger partial charge is 0.263 e. The van der Waals surface area contributed by atoms with Crippen LogP contribution in [0.3, 0.4) is 0 Å². The van der Waals surface area contributed by atoms with Crippen LogP contribution in [0.5, 0.6) is 0 Å². The average Bonchev–Trinajstić information content (AvgIpc) is 3.67. The summed E-state index contributed by atoms with van der Waals surface area (Å²) in [4.78, 5) is 34.8. The molecule has 0 aliphatic rings. The van der Waals surface area contributed by atoms with Gasteiger partial charge in [0.05, 0.1) is 30.5 Å². The number of thiazole rings is 2. The normalized spacial score (nSPS) is 14.1. The van der Waals surface area contributed by atoms with E-state index in [1.807, 2.05) is 0 Å². The van der Waals surface area contributed by atoms with E-state index in [9.17, 15) is 33.0 Å². The van der Waals surface area contributed by atoms with Crippen molar-refractivity contribution in [2.75, 3.05) is 6.61 Å². The predicted molar refractivity (Wildman–Crippen MR) is 154 cm³/mol. The van der Waals surface area contributed by atoms with Crippen LogP contribution >= 0.6 is 22.7 Å². The maximum atomic E-state index is 14.2. The van der Waals surface area contributed by atoms with Gasteiger partial charge in [0, 0.05) is 17.5 Å². The SMILES string of the molecule is CC(O)CC[C@H](NC(=O)c1cnc(-c2c(F)cccc2F)s1)C(=O)N[C@H](CO)CC(c1ccc(F)cc1)c1nccs1. The summed E-state index contributed by atoms with van der Waals surface area (Å²) in [6.07, 6.45) is 2.56. The zero-order valence-corrected chi connectivity index (χ0v) is 24.1. The first kappa shape index (κ1) is 31.3. The summed E-state index contributed by atoms with van der Waals surface area (Å²) in [5, 5.41) is 27.8. The Labute approximate surface area is 248 Å². The van der Waals surface area contributed by atoms with Crippen molar-refractivity contribution in [2.45, 2.75) is 50.3 Å². The molecule has 4 atom stereocenters. The lowest BCUT2D eigenvalue weighted by Gasteiger charge is -2.25. The van der Waals surface area contributed by atoms with Crippen LogP contribution in [-0.4, -0.2) is 56.8 Å². The number of benzene rings is 2. The minimum Gasteiger partial charge on any atom is -0.394 e. The van der Waals surface area contributed by atoms with Crippen LogP contribution in [0.4, 0.5) is 13.2 Å². The summed E-state index contributed by atoms with van der Waals surface area (Å²) < 4.78 is 42.0. The third-order valence-corrected chi connectivity index (χ3v) is 8.41. The molecular formula is C29H29F3N4O4S2. The molecule has 4 rings (SSSR count). The first-order valence-corrected chi connectivity index (χ1v) is 14.8. The van der Waals surface area contributed by atoms with E-state index in [-0.39, 0.29) is 40.6 Å². The molecule has 2 aromatic carbocycles. The molecule has 2 heterocycles. The van der Waals surface area contributed by atoms with E-state index in [1.165, 1.54) is 35.7 Å². The summed E-state index contributed by atoms with van der Waals surface area (Å²) in [7, 11) is 0. The van der Waals surface area contributed by atoms with Gasteiger partial charge in [-0.15, -0.1) is 22.7 Å². The van der Waals surface area contributed by atoms with Gasteiger partial charge in [0.1, 0.15) is 38.4 Å². The Morgan fingerprint density at radius 3 is 2.33 bits per heavy atom. The van der Waals surface area contributed by atoms with Crippen molar-refractivity contribution in [1.29, 1.82) is 0 Å². The zero-order valence-electron chi connectivity index (χ0n) is 22.5. The Kier molecular flexibility index (Phi) is 10.8. The fourth-order valence-corrected chi connectivity index (χ4v) is 6.00. The highest BCUT2D eigenvalue weighted by Crippen LogP contribution is 2.32. The fourth-order valence-electron chi connectivity index (χ4n) is 4.35. The molecule has 222 valence electrons. The summed E-state index contributed by atoms with van der Waals surface area (Å²) in [6.45, 7) is 1.13. The van der Waals surface area contributed by atoms with E-state index >= 15 is 0 Å². The monoisotopic (exact) mass is 618 g/mol. The number of aromatic nitrogens is 2. The van der Waals surface area contributed by atoms with Crippen molar-refractivity contribution in [2.24, 2.45) is 0 Å². The Bertz CT molecular complexity index is 1460. The van der Waals surface area contributed by atoms with Crippen LogP contribution in [0.25, 0.3) is 10.6 Å². The number of rotatable bonds is 13. The number of hydrogen-bond donors (Lipinski definition) is 4. The molecule has 0 fully saturated rings. The number of halogens is 3. The maximum absolute atomic E-state index is 14.2. The average molecular weight is 619 g/mol. The molecule has 0 saturated heterocycles. The molecule has 4 aromatic rings. The number of carbonyl (C=O) groups is 2. The second-order valence-corrected chi connectivity index (χ2v) is 11.6. The van der Waals surface area contributed by atoms with E-state index < -0.39 is 54.1 Å². The quantitative estimate of drug-likeness (QED) is 0.173. The Hall–Kier alpha value is -3.65. The van der Waals surface area contributed by atoms with Crippen molar-refractivity contribution in [3.05, 3.63) is 93.1 Å². The minimum atomic E-state index is -1.10. The molecule has 0 spiro atoms. The molecule has 4 N–H and O–H groups in total. The Morgan fingerprint density at radius 2 is 1.71 bits per heavy atom. The number of amides is 2. The van der Waals surface area contributed by atoms with Gasteiger partial charge >= 0.3 is 0 Å². The molecule has 13 heteroatoms. The fraction of sp³-hybridized carbons (Fsp3) is 0.310. The van der Waals surface area contributed by atoms with Gasteiger partial charge in [-0.1, -0.05) is 18.2 Å². The third kappa shape index (κ3) is 8.00. The first-order valence-electron chi connectivity index (χ1n) is 13.1. The van der Waals surface area contributed by atoms with Gasteiger partial charge in [-0.25, -0.2) is 23.1 Å². The third-order valence-electron chi connectivity index (χ3n) is 6.51. The molecule has 2 unspecified atom stereocenters. The lowest BCUT2D eigenvalue weighted by molar-refractivity contribution is -0.124. The lowest BCUT2D eigenvalue weighted by Crippen LogP contribution is -2.51. The first-order chi connectivity index (χ1) is 20.2. The van der Waals surface area contributed by atoms with Crippen molar-refractivity contribution in [3.63, 3.8) is 0 Å². The zero-order chi connectivity index (χ0) is 30.2. The Balaban J connectivity index is 1.49. The standard InChI is InChI=1S/C29H29F3N4O4S2/c1-16(38)5-10-23(36-27(40)24-14-34-29(42-24)25-21(31)3-2-4-22(25)32)26(39)35-19(15-37)13-20(28-33-11-12-41-28)17-6-8-18(30)9-7-17/h2-4,6-9,11-12,14,16,19-20,23,37-38H,5,10,13,15H2,1H3,(H,35,39)(H,36,40)/t16?,19-,20?,23-/m0/s1. The van der Waals surface area contributed by atoms with E-state index in [4.69, 9.17) is 0 Å². The van der Waals surface area contributed by atoms with Crippen LogP contribution < -0.4 is 10.6 Å². The number of nitrogens with zero attached hydrogens (tertiary/aromatic N) is 2. The molecule has 0 saturated carbocycles. The largest absolute Gasteiger partial charge is 0.394 e. The Morgan fingerprint density at radius 1 is 1.00 bits per heavy atom. The summed E-state index contributed by atoms with van der Waals surface area (Å²) in [6, 6.07) is 7.46. The van der Waals surface area contributed by atoms with Crippen molar-refractivity contribution in [3.8, 4) is 10.6 Å². The van der Waals surface area contributed by atoms with Crippen LogP contribution in [0.15, 0.2) is 60.2 Å². The van der Waals surface area contributed by atoms with Gasteiger partial charge in [-0.3, -0.25) is 9.59 Å². The van der Waals surface area contributed by atoms with Gasteiger partial charge < -0.3 is 20.8 Å². The number of nitrogens with one attached hydrogen (secondary N) is 2. The van der Waals surface area contributed by atoms with Gasteiger partial charge in [0.2, 0.25) is 5.91 Å². The molecule has 0 aliphatic heterocycles. The summed E-state index contributed by atoms with van der Waals surface area (Å²) in [5.74, 6) is -3.66. The molecular weight excluding hydrogens is 589 g/mol. The van der Waals surface area contributed by atoms with Crippen LogP contribution in [0.1, 0.15) is 52.3 Å². The second-order valence-electron chi connectivity index (χ2n) is 9.68. The molecule has 2 amide bonds. The summed E-state index contributed by atoms with van der Waals surface area (Å²) in [5.41, 5.74) is 0.400. The van der Waals surface area contributed by atoms with Gasteiger partial charge in [0.25, 0.3) is 5.91 Å². The number of aliphatic hydroxyl groups excluding tert-OH is 2. The number of carbonyl (C=O) groups excluding carboxylic acids is 2. The molecule has 42 heavy (non-hydrogen) atoms. The highest BCUT2D eigenvalue weighted by Gasteiger charge is 2.28. The summed E-state index contributed by atoms with van der Waals surface area (Å²) >= 11 is 2.16. The van der Waals surface area contributed by atoms with Gasteiger partial charge in [-0.2, -0.15) is 0 Å². The van der Waals surface area contributed by atoms with E-state index in [2.05, 4.69) is 20.6 Å².